The number of nitrogens with zero attached hydrogens (tertiary/aromatic N) is 3. The van der Waals surface area contributed by atoms with E-state index in [2.05, 4.69) is 21.8 Å². The number of carboxylic acid groups (broad SMARTS) is 1. The fourth-order valence-corrected chi connectivity index (χ4v) is 2.99. The summed E-state index contributed by atoms with van der Waals surface area (Å²) in [6, 6.07) is 0. The summed E-state index contributed by atoms with van der Waals surface area (Å²) in [5.74, 6) is 0.266. The molecule has 22 heavy (non-hydrogen) atoms. The number of aromatic nitrogens is 2. The van der Waals surface area contributed by atoms with Gasteiger partial charge in [0.2, 0.25) is 0 Å². The lowest BCUT2D eigenvalue weighted by Gasteiger charge is -2.39. The SMILES string of the molecule is CCCC[C@@H]1CN(c2cncc(C(=O)O)n2)C[C@H](C2CC2)O1. The lowest BCUT2D eigenvalue weighted by Crippen LogP contribution is -2.49. The Morgan fingerprint density at radius 3 is 2.91 bits per heavy atom. The number of rotatable bonds is 6. The first kappa shape index (κ1) is 15.2. The predicted molar refractivity (Wildman–Crippen MR) is 82.1 cm³/mol. The smallest absolute Gasteiger partial charge is 0.356 e. The molecule has 0 bridgehead atoms. The van der Waals surface area contributed by atoms with Crippen molar-refractivity contribution >= 4 is 11.8 Å². The van der Waals surface area contributed by atoms with Crippen molar-refractivity contribution in [3.8, 4) is 0 Å². The Morgan fingerprint density at radius 1 is 1.41 bits per heavy atom. The van der Waals surface area contributed by atoms with E-state index in [-0.39, 0.29) is 17.9 Å². The Kier molecular flexibility index (Phi) is 4.57. The molecule has 0 amide bonds. The molecule has 1 N–H and O–H groups in total. The number of aromatic carboxylic acids is 1. The highest BCUT2D eigenvalue weighted by atomic mass is 16.5. The zero-order valence-corrected chi connectivity index (χ0v) is 12.9. The number of hydrogen-bond acceptors (Lipinski definition) is 5. The first-order valence-electron chi connectivity index (χ1n) is 8.13. The first-order chi connectivity index (χ1) is 10.7. The number of ether oxygens (including phenoxy) is 1. The predicted octanol–water partition coefficient (Wildman–Crippen LogP) is 2.35. The molecule has 2 fully saturated rings. The Bertz CT molecular complexity index is 533. The lowest BCUT2D eigenvalue weighted by atomic mass is 10.1. The van der Waals surface area contributed by atoms with E-state index in [1.807, 2.05) is 0 Å². The van der Waals surface area contributed by atoms with E-state index in [4.69, 9.17) is 9.84 Å². The molecule has 0 aromatic carbocycles. The fourth-order valence-electron chi connectivity index (χ4n) is 2.99. The van der Waals surface area contributed by atoms with Crippen LogP contribution in [0.15, 0.2) is 12.4 Å². The fraction of sp³-hybridized carbons (Fsp3) is 0.688. The van der Waals surface area contributed by atoms with E-state index in [0.29, 0.717) is 11.7 Å². The molecule has 1 aliphatic carbocycles. The molecule has 1 aromatic rings. The van der Waals surface area contributed by atoms with Crippen LogP contribution in [0.2, 0.25) is 0 Å². The van der Waals surface area contributed by atoms with Gasteiger partial charge in [-0.25, -0.2) is 9.78 Å². The molecule has 0 unspecified atom stereocenters. The maximum atomic E-state index is 11.1. The third-order valence-corrected chi connectivity index (χ3v) is 4.38. The van der Waals surface area contributed by atoms with Gasteiger partial charge in [0.25, 0.3) is 0 Å². The van der Waals surface area contributed by atoms with Gasteiger partial charge in [-0.2, -0.15) is 0 Å². The van der Waals surface area contributed by atoms with Crippen LogP contribution in [0.3, 0.4) is 0 Å². The molecule has 6 nitrogen and oxygen atoms in total. The van der Waals surface area contributed by atoms with Crippen molar-refractivity contribution in [1.82, 2.24) is 9.97 Å². The van der Waals surface area contributed by atoms with Crippen LogP contribution in [-0.4, -0.2) is 46.3 Å². The van der Waals surface area contributed by atoms with Gasteiger partial charge in [-0.3, -0.25) is 4.98 Å². The van der Waals surface area contributed by atoms with Gasteiger partial charge in [0.05, 0.1) is 24.6 Å². The van der Waals surface area contributed by atoms with E-state index in [0.717, 1.165) is 32.4 Å². The van der Waals surface area contributed by atoms with Gasteiger partial charge in [0, 0.05) is 13.1 Å². The minimum atomic E-state index is -1.04. The molecular formula is C16H23N3O3. The molecule has 1 saturated carbocycles. The molecule has 6 heteroatoms. The molecule has 0 spiro atoms. The van der Waals surface area contributed by atoms with Crippen LogP contribution in [0.1, 0.15) is 49.5 Å². The molecule has 2 aliphatic rings. The second kappa shape index (κ2) is 6.60. The quantitative estimate of drug-likeness (QED) is 0.869. The van der Waals surface area contributed by atoms with E-state index < -0.39 is 5.97 Å². The van der Waals surface area contributed by atoms with Gasteiger partial charge in [-0.1, -0.05) is 19.8 Å². The topological polar surface area (TPSA) is 75.6 Å². The Balaban J connectivity index is 1.75. The lowest BCUT2D eigenvalue weighted by molar-refractivity contribution is -0.0412. The number of carbonyl (C=O) groups is 1. The molecule has 2 heterocycles. The average molecular weight is 305 g/mol. The second-order valence-corrected chi connectivity index (χ2v) is 6.25. The average Bonchev–Trinajstić information content (AvgIpc) is 3.37. The number of morpholine rings is 1. The van der Waals surface area contributed by atoms with Crippen molar-refractivity contribution < 1.29 is 14.6 Å². The zero-order valence-electron chi connectivity index (χ0n) is 12.9. The third-order valence-electron chi connectivity index (χ3n) is 4.38. The maximum Gasteiger partial charge on any atom is 0.356 e. The third kappa shape index (κ3) is 3.55. The standard InChI is InChI=1S/C16H23N3O3/c1-2-3-4-12-9-19(10-14(22-12)11-5-6-11)15-8-17-7-13(18-15)16(20)21/h7-8,11-12,14H,2-6,9-10H2,1H3,(H,20,21)/t12-,14-/m1/s1. The van der Waals surface area contributed by atoms with Crippen LogP contribution in [0, 0.1) is 5.92 Å². The summed E-state index contributed by atoms with van der Waals surface area (Å²) in [5, 5.41) is 9.08. The number of anilines is 1. The summed E-state index contributed by atoms with van der Waals surface area (Å²) in [7, 11) is 0. The van der Waals surface area contributed by atoms with Gasteiger partial charge >= 0.3 is 5.97 Å². The first-order valence-corrected chi connectivity index (χ1v) is 8.13. The highest BCUT2D eigenvalue weighted by molar-refractivity contribution is 5.85. The van der Waals surface area contributed by atoms with Crippen LogP contribution < -0.4 is 4.90 Å². The number of unbranched alkanes of at least 4 members (excludes halogenated alkanes) is 1. The summed E-state index contributed by atoms with van der Waals surface area (Å²) in [6.07, 6.45) is 9.21. The molecule has 1 saturated heterocycles. The monoisotopic (exact) mass is 305 g/mol. The second-order valence-electron chi connectivity index (χ2n) is 6.25. The van der Waals surface area contributed by atoms with Crippen molar-refractivity contribution in [3.05, 3.63) is 18.1 Å². The van der Waals surface area contributed by atoms with Crippen LogP contribution in [0.25, 0.3) is 0 Å². The van der Waals surface area contributed by atoms with E-state index in [1.165, 1.54) is 19.0 Å². The van der Waals surface area contributed by atoms with E-state index in [1.54, 1.807) is 6.20 Å². The van der Waals surface area contributed by atoms with Gasteiger partial charge in [0.15, 0.2) is 5.69 Å². The van der Waals surface area contributed by atoms with Gasteiger partial charge in [-0.15, -0.1) is 0 Å². The van der Waals surface area contributed by atoms with Gasteiger partial charge in [-0.05, 0) is 25.2 Å². The number of hydrogen-bond donors (Lipinski definition) is 1. The summed E-state index contributed by atoms with van der Waals surface area (Å²) in [4.78, 5) is 21.5. The minimum absolute atomic E-state index is 0.00271. The van der Waals surface area contributed by atoms with Gasteiger partial charge < -0.3 is 14.7 Å². The highest BCUT2D eigenvalue weighted by Crippen LogP contribution is 2.37. The maximum absolute atomic E-state index is 11.1. The summed E-state index contributed by atoms with van der Waals surface area (Å²) in [6.45, 7) is 3.73. The molecule has 2 atom stereocenters. The zero-order chi connectivity index (χ0) is 15.5. The normalized spacial score (nSPS) is 25.2. The highest BCUT2D eigenvalue weighted by Gasteiger charge is 2.38. The summed E-state index contributed by atoms with van der Waals surface area (Å²) < 4.78 is 6.24. The largest absolute Gasteiger partial charge is 0.476 e. The summed E-state index contributed by atoms with van der Waals surface area (Å²) in [5.41, 5.74) is -0.00271. The Labute approximate surface area is 130 Å². The van der Waals surface area contributed by atoms with Crippen LogP contribution in [0.5, 0.6) is 0 Å². The Hall–Kier alpha value is -1.69. The molecule has 3 rings (SSSR count). The molecule has 120 valence electrons. The van der Waals surface area contributed by atoms with Crippen LogP contribution in [-0.2, 0) is 4.74 Å². The molecule has 1 aliphatic heterocycles. The van der Waals surface area contributed by atoms with Crippen molar-refractivity contribution in [2.75, 3.05) is 18.0 Å². The Morgan fingerprint density at radius 2 is 2.23 bits per heavy atom. The molecule has 0 radical (unpaired) electrons. The van der Waals surface area contributed by atoms with Crippen molar-refractivity contribution in [3.63, 3.8) is 0 Å². The summed E-state index contributed by atoms with van der Waals surface area (Å²) >= 11 is 0. The van der Waals surface area contributed by atoms with Gasteiger partial charge in [0.1, 0.15) is 5.82 Å². The van der Waals surface area contributed by atoms with E-state index >= 15 is 0 Å². The van der Waals surface area contributed by atoms with E-state index in [9.17, 15) is 4.79 Å². The minimum Gasteiger partial charge on any atom is -0.476 e. The van der Waals surface area contributed by atoms with Crippen molar-refractivity contribution in [2.45, 2.75) is 51.2 Å². The molecule has 1 aromatic heterocycles. The van der Waals surface area contributed by atoms with Crippen LogP contribution >= 0.6 is 0 Å². The molecular weight excluding hydrogens is 282 g/mol. The van der Waals surface area contributed by atoms with Crippen LogP contribution in [0.4, 0.5) is 5.82 Å². The van der Waals surface area contributed by atoms with Crippen molar-refractivity contribution in [2.24, 2.45) is 5.92 Å². The van der Waals surface area contributed by atoms with Crippen molar-refractivity contribution in [1.29, 1.82) is 0 Å². The number of carboxylic acids is 1.